The van der Waals surface area contributed by atoms with E-state index in [1.54, 1.807) is 0 Å². The molecule has 0 aromatic carbocycles. The summed E-state index contributed by atoms with van der Waals surface area (Å²) in [4.78, 5) is 27.4. The second-order valence-electron chi connectivity index (χ2n) is 5.86. The molecule has 1 saturated heterocycles. The molecule has 1 aromatic rings. The van der Waals surface area contributed by atoms with Crippen molar-refractivity contribution < 1.29 is 9.72 Å². The second kappa shape index (κ2) is 5.85. The van der Waals surface area contributed by atoms with Crippen LogP contribution in [-0.2, 0) is 0 Å². The van der Waals surface area contributed by atoms with Crippen LogP contribution in [0.1, 0.15) is 42.6 Å². The molecule has 2 N–H and O–H groups in total. The van der Waals surface area contributed by atoms with E-state index in [9.17, 15) is 14.9 Å². The Morgan fingerprint density at radius 3 is 2.76 bits per heavy atom. The fraction of sp³-hybridized carbons (Fsp3) is 0.643. The zero-order chi connectivity index (χ0) is 14.8. The summed E-state index contributed by atoms with van der Waals surface area (Å²) >= 11 is 0. The number of nitrogens with one attached hydrogen (secondary N) is 2. The highest BCUT2D eigenvalue weighted by Gasteiger charge is 2.35. The minimum Gasteiger partial charge on any atom is -0.351 e. The Hall–Kier alpha value is -1.89. The van der Waals surface area contributed by atoms with Crippen molar-refractivity contribution in [2.75, 3.05) is 13.1 Å². The van der Waals surface area contributed by atoms with Crippen molar-refractivity contribution in [1.29, 1.82) is 0 Å². The molecule has 114 valence electrons. The summed E-state index contributed by atoms with van der Waals surface area (Å²) in [5.41, 5.74) is 0.245. The van der Waals surface area contributed by atoms with Gasteiger partial charge in [-0.1, -0.05) is 6.42 Å². The zero-order valence-corrected chi connectivity index (χ0v) is 11.9. The lowest BCUT2D eigenvalue weighted by molar-refractivity contribution is -0.384. The molecule has 1 aromatic heterocycles. The maximum absolute atomic E-state index is 12.6. The van der Waals surface area contributed by atoms with Crippen LogP contribution in [0.3, 0.4) is 0 Å². The monoisotopic (exact) mass is 292 g/mol. The van der Waals surface area contributed by atoms with E-state index in [1.807, 2.05) is 4.90 Å². The molecule has 1 saturated carbocycles. The van der Waals surface area contributed by atoms with Gasteiger partial charge in [-0.25, -0.2) is 0 Å². The van der Waals surface area contributed by atoms with Gasteiger partial charge in [-0.3, -0.25) is 14.9 Å². The Bertz CT molecular complexity index is 532. The van der Waals surface area contributed by atoms with Gasteiger partial charge in [0.15, 0.2) is 0 Å². The zero-order valence-electron chi connectivity index (χ0n) is 11.9. The van der Waals surface area contributed by atoms with Crippen molar-refractivity contribution in [2.24, 2.45) is 0 Å². The van der Waals surface area contributed by atoms with Crippen LogP contribution in [0.2, 0.25) is 0 Å². The molecule has 2 heterocycles. The molecule has 0 bridgehead atoms. The predicted octanol–water partition coefficient (Wildman–Crippen LogP) is 1.67. The first-order chi connectivity index (χ1) is 10.1. The molecule has 21 heavy (non-hydrogen) atoms. The largest absolute Gasteiger partial charge is 0.351 e. The molecule has 0 radical (unpaired) electrons. The van der Waals surface area contributed by atoms with Crippen molar-refractivity contribution in [1.82, 2.24) is 15.2 Å². The molecule has 2 fully saturated rings. The molecular weight excluding hydrogens is 272 g/mol. The summed E-state index contributed by atoms with van der Waals surface area (Å²) < 4.78 is 0. The highest BCUT2D eigenvalue weighted by molar-refractivity contribution is 5.93. The van der Waals surface area contributed by atoms with Crippen molar-refractivity contribution in [3.8, 4) is 0 Å². The van der Waals surface area contributed by atoms with Crippen LogP contribution < -0.4 is 5.32 Å². The number of nitro groups is 1. The number of aromatic nitrogens is 1. The Morgan fingerprint density at radius 2 is 2.19 bits per heavy atom. The van der Waals surface area contributed by atoms with Crippen LogP contribution in [0.15, 0.2) is 12.3 Å². The fourth-order valence-corrected chi connectivity index (χ4v) is 2.87. The number of carbonyl (C=O) groups is 1. The molecule has 1 aliphatic carbocycles. The third kappa shape index (κ3) is 3.24. The third-order valence-corrected chi connectivity index (χ3v) is 4.19. The third-order valence-electron chi connectivity index (χ3n) is 4.19. The lowest BCUT2D eigenvalue weighted by Gasteiger charge is -2.30. The number of hydrogen-bond acceptors (Lipinski definition) is 4. The first-order valence-electron chi connectivity index (χ1n) is 7.52. The van der Waals surface area contributed by atoms with E-state index in [0.717, 1.165) is 25.8 Å². The number of aromatic amines is 1. The maximum atomic E-state index is 12.6. The standard InChI is InChI=1S/C14H20N4O3/c19-14(13-7-12(8-16-13)18(20)21)17(11-4-5-11)9-10-3-1-2-6-15-10/h7-8,10-11,15-16H,1-6,9H2. The van der Waals surface area contributed by atoms with Crippen LogP contribution in [0.25, 0.3) is 0 Å². The second-order valence-corrected chi connectivity index (χ2v) is 5.86. The minimum absolute atomic E-state index is 0.0649. The van der Waals surface area contributed by atoms with Gasteiger partial charge in [0.25, 0.3) is 11.6 Å². The quantitative estimate of drug-likeness (QED) is 0.638. The van der Waals surface area contributed by atoms with E-state index in [2.05, 4.69) is 10.3 Å². The minimum atomic E-state index is -0.489. The van der Waals surface area contributed by atoms with Gasteiger partial charge in [0.1, 0.15) is 5.69 Å². The number of H-pyrrole nitrogens is 1. The summed E-state index contributed by atoms with van der Waals surface area (Å²) in [5, 5.41) is 14.2. The summed E-state index contributed by atoms with van der Waals surface area (Å²) in [6, 6.07) is 1.96. The maximum Gasteiger partial charge on any atom is 0.287 e. The van der Waals surface area contributed by atoms with Gasteiger partial charge < -0.3 is 15.2 Å². The number of amides is 1. The van der Waals surface area contributed by atoms with Crippen LogP contribution in [0.4, 0.5) is 5.69 Å². The molecule has 3 rings (SSSR count). The lowest BCUT2D eigenvalue weighted by Crippen LogP contribution is -2.46. The molecule has 2 aliphatic rings. The SMILES string of the molecule is O=C(c1cc([N+](=O)[O-])c[nH]1)N(CC1CCCCN1)C1CC1. The normalized spacial score (nSPS) is 22.0. The van der Waals surface area contributed by atoms with Crippen molar-refractivity contribution in [3.63, 3.8) is 0 Å². The van der Waals surface area contributed by atoms with Gasteiger partial charge in [-0.2, -0.15) is 0 Å². The Balaban J connectivity index is 1.70. The number of hydrogen-bond donors (Lipinski definition) is 2. The molecule has 1 amide bonds. The van der Waals surface area contributed by atoms with E-state index in [1.165, 1.54) is 25.1 Å². The summed E-state index contributed by atoms with van der Waals surface area (Å²) in [6.07, 6.45) is 6.80. The molecule has 1 aliphatic heterocycles. The van der Waals surface area contributed by atoms with Gasteiger partial charge in [0.2, 0.25) is 0 Å². The van der Waals surface area contributed by atoms with E-state index < -0.39 is 4.92 Å². The average Bonchev–Trinajstić information content (AvgIpc) is 3.20. The first kappa shape index (κ1) is 14.1. The Kier molecular flexibility index (Phi) is 3.92. The molecule has 1 unspecified atom stereocenters. The van der Waals surface area contributed by atoms with E-state index >= 15 is 0 Å². The number of nitrogens with zero attached hydrogens (tertiary/aromatic N) is 2. The van der Waals surface area contributed by atoms with Crippen LogP contribution in [0, 0.1) is 10.1 Å². The van der Waals surface area contributed by atoms with Gasteiger partial charge in [-0.15, -0.1) is 0 Å². The van der Waals surface area contributed by atoms with Crippen LogP contribution in [-0.4, -0.2) is 45.9 Å². The first-order valence-corrected chi connectivity index (χ1v) is 7.52. The molecule has 7 heteroatoms. The average molecular weight is 292 g/mol. The van der Waals surface area contributed by atoms with Gasteiger partial charge in [0.05, 0.1) is 11.1 Å². The molecular formula is C14H20N4O3. The van der Waals surface area contributed by atoms with Crippen LogP contribution in [0.5, 0.6) is 0 Å². The topological polar surface area (TPSA) is 91.3 Å². The van der Waals surface area contributed by atoms with E-state index in [-0.39, 0.29) is 11.6 Å². The fourth-order valence-electron chi connectivity index (χ4n) is 2.87. The summed E-state index contributed by atoms with van der Waals surface area (Å²) in [7, 11) is 0. The smallest absolute Gasteiger partial charge is 0.287 e. The highest BCUT2D eigenvalue weighted by Crippen LogP contribution is 2.29. The van der Waals surface area contributed by atoms with Gasteiger partial charge >= 0.3 is 0 Å². The molecule has 7 nitrogen and oxygen atoms in total. The Morgan fingerprint density at radius 1 is 1.38 bits per heavy atom. The Labute approximate surface area is 122 Å². The van der Waals surface area contributed by atoms with E-state index in [0.29, 0.717) is 24.3 Å². The number of rotatable bonds is 5. The summed E-state index contributed by atoms with van der Waals surface area (Å²) in [6.45, 7) is 1.70. The number of carbonyl (C=O) groups excluding carboxylic acids is 1. The van der Waals surface area contributed by atoms with Gasteiger partial charge in [-0.05, 0) is 32.2 Å². The summed E-state index contributed by atoms with van der Waals surface area (Å²) in [5.74, 6) is -0.127. The molecule has 1 atom stereocenters. The predicted molar refractivity (Wildman–Crippen MR) is 77.1 cm³/mol. The van der Waals surface area contributed by atoms with Crippen molar-refractivity contribution in [2.45, 2.75) is 44.2 Å². The van der Waals surface area contributed by atoms with Crippen molar-refractivity contribution in [3.05, 3.63) is 28.1 Å². The number of piperidine rings is 1. The van der Waals surface area contributed by atoms with Crippen molar-refractivity contribution >= 4 is 11.6 Å². The van der Waals surface area contributed by atoms with Crippen LogP contribution >= 0.6 is 0 Å². The highest BCUT2D eigenvalue weighted by atomic mass is 16.6. The lowest BCUT2D eigenvalue weighted by atomic mass is 10.0. The van der Waals surface area contributed by atoms with E-state index in [4.69, 9.17) is 0 Å². The molecule has 0 spiro atoms. The van der Waals surface area contributed by atoms with Gasteiger partial charge in [0, 0.05) is 24.7 Å².